The highest BCUT2D eigenvalue weighted by Gasteiger charge is 2.26. The molecule has 0 aliphatic carbocycles. The minimum absolute atomic E-state index is 0.405. The summed E-state index contributed by atoms with van der Waals surface area (Å²) >= 11 is 1.78. The van der Waals surface area contributed by atoms with Gasteiger partial charge in [-0.1, -0.05) is 30.3 Å². The van der Waals surface area contributed by atoms with Crippen LogP contribution < -0.4 is 5.32 Å². The second-order valence-electron chi connectivity index (χ2n) is 5.42. The molecule has 20 heavy (non-hydrogen) atoms. The molecule has 0 bridgehead atoms. The second-order valence-corrected chi connectivity index (χ2v) is 6.31. The highest BCUT2D eigenvalue weighted by molar-refractivity contribution is 7.09. The van der Waals surface area contributed by atoms with E-state index in [1.807, 2.05) is 0 Å². The Kier molecular flexibility index (Phi) is 4.15. The summed E-state index contributed by atoms with van der Waals surface area (Å²) in [6, 6.07) is 11.5. The van der Waals surface area contributed by atoms with Gasteiger partial charge in [0.25, 0.3) is 0 Å². The zero-order valence-electron chi connectivity index (χ0n) is 12.0. The quantitative estimate of drug-likeness (QED) is 0.940. The standard InChI is InChI=1S/C16H21N3S/c1-12-11-20-16(18-12)13(2)19-9-8-17-15(10-19)14-6-4-3-5-7-14/h3-7,11,13,15,17H,8-10H2,1-2H3. The molecule has 4 heteroatoms. The van der Waals surface area contributed by atoms with Crippen molar-refractivity contribution in [2.75, 3.05) is 19.6 Å². The third kappa shape index (κ3) is 2.92. The minimum Gasteiger partial charge on any atom is -0.308 e. The lowest BCUT2D eigenvalue weighted by molar-refractivity contribution is 0.153. The van der Waals surface area contributed by atoms with Gasteiger partial charge >= 0.3 is 0 Å². The Morgan fingerprint density at radius 1 is 1.35 bits per heavy atom. The Morgan fingerprint density at radius 2 is 2.15 bits per heavy atom. The van der Waals surface area contributed by atoms with E-state index in [4.69, 9.17) is 0 Å². The molecule has 2 atom stereocenters. The molecule has 3 nitrogen and oxygen atoms in total. The van der Waals surface area contributed by atoms with Gasteiger partial charge in [0, 0.05) is 36.8 Å². The van der Waals surface area contributed by atoms with Crippen LogP contribution in [0.1, 0.15) is 35.3 Å². The molecule has 2 unspecified atom stereocenters. The van der Waals surface area contributed by atoms with E-state index in [1.165, 1.54) is 10.6 Å². The van der Waals surface area contributed by atoms with Gasteiger partial charge in [-0.25, -0.2) is 4.98 Å². The van der Waals surface area contributed by atoms with E-state index in [0.29, 0.717) is 12.1 Å². The van der Waals surface area contributed by atoms with Crippen LogP contribution in [0.4, 0.5) is 0 Å². The van der Waals surface area contributed by atoms with Crippen molar-refractivity contribution in [3.63, 3.8) is 0 Å². The first kappa shape index (κ1) is 13.7. The highest BCUT2D eigenvalue weighted by Crippen LogP contribution is 2.27. The Labute approximate surface area is 124 Å². The number of piperazine rings is 1. The van der Waals surface area contributed by atoms with E-state index in [-0.39, 0.29) is 0 Å². The van der Waals surface area contributed by atoms with Gasteiger partial charge in [-0.3, -0.25) is 4.90 Å². The Hall–Kier alpha value is -1.23. The molecule has 106 valence electrons. The van der Waals surface area contributed by atoms with Crippen LogP contribution in [0.3, 0.4) is 0 Å². The van der Waals surface area contributed by atoms with Crippen LogP contribution >= 0.6 is 11.3 Å². The van der Waals surface area contributed by atoms with Crippen LogP contribution in [0, 0.1) is 6.92 Å². The fraction of sp³-hybridized carbons (Fsp3) is 0.438. The maximum absolute atomic E-state index is 4.64. The smallest absolute Gasteiger partial charge is 0.110 e. The number of hydrogen-bond donors (Lipinski definition) is 1. The predicted octanol–water partition coefficient (Wildman–Crippen LogP) is 3.16. The van der Waals surface area contributed by atoms with Gasteiger partial charge in [-0.15, -0.1) is 11.3 Å². The normalized spacial score (nSPS) is 21.8. The molecule has 1 aromatic carbocycles. The molecule has 0 amide bonds. The van der Waals surface area contributed by atoms with Crippen LogP contribution in [0.25, 0.3) is 0 Å². The molecule has 1 saturated heterocycles. The number of hydrogen-bond acceptors (Lipinski definition) is 4. The lowest BCUT2D eigenvalue weighted by Crippen LogP contribution is -2.46. The first-order valence-corrected chi connectivity index (χ1v) is 8.06. The molecule has 0 saturated carbocycles. The van der Waals surface area contributed by atoms with Crippen molar-refractivity contribution in [1.82, 2.24) is 15.2 Å². The van der Waals surface area contributed by atoms with Crippen LogP contribution in [0.5, 0.6) is 0 Å². The number of rotatable bonds is 3. The summed E-state index contributed by atoms with van der Waals surface area (Å²) in [5, 5.41) is 6.99. The molecule has 1 N–H and O–H groups in total. The number of benzene rings is 1. The molecular weight excluding hydrogens is 266 g/mol. The molecule has 2 aromatic rings. The van der Waals surface area contributed by atoms with Gasteiger partial charge in [0.2, 0.25) is 0 Å². The molecule has 1 aromatic heterocycles. The van der Waals surface area contributed by atoms with Gasteiger partial charge in [-0.2, -0.15) is 0 Å². The van der Waals surface area contributed by atoms with E-state index in [2.05, 4.69) is 64.8 Å². The van der Waals surface area contributed by atoms with Crippen molar-refractivity contribution in [3.8, 4) is 0 Å². The van der Waals surface area contributed by atoms with E-state index in [9.17, 15) is 0 Å². The Bertz CT molecular complexity index is 552. The van der Waals surface area contributed by atoms with Crippen molar-refractivity contribution in [1.29, 1.82) is 0 Å². The van der Waals surface area contributed by atoms with E-state index >= 15 is 0 Å². The molecule has 1 aliphatic rings. The number of aromatic nitrogens is 1. The van der Waals surface area contributed by atoms with Crippen LogP contribution in [-0.2, 0) is 0 Å². The number of nitrogens with one attached hydrogen (secondary N) is 1. The summed E-state index contributed by atoms with van der Waals surface area (Å²) in [5.41, 5.74) is 2.51. The van der Waals surface area contributed by atoms with Gasteiger partial charge < -0.3 is 5.32 Å². The molecular formula is C16H21N3S. The van der Waals surface area contributed by atoms with Crippen LogP contribution in [0.2, 0.25) is 0 Å². The average molecular weight is 287 g/mol. The van der Waals surface area contributed by atoms with Crippen LogP contribution in [-0.4, -0.2) is 29.5 Å². The average Bonchev–Trinajstić information content (AvgIpc) is 2.94. The molecule has 1 fully saturated rings. The summed E-state index contributed by atoms with van der Waals surface area (Å²) < 4.78 is 0. The third-order valence-corrected chi connectivity index (χ3v) is 5.08. The lowest BCUT2D eigenvalue weighted by Gasteiger charge is -2.37. The molecule has 3 rings (SSSR count). The minimum atomic E-state index is 0.405. The predicted molar refractivity (Wildman–Crippen MR) is 84.0 cm³/mol. The van der Waals surface area contributed by atoms with Gasteiger partial charge in [0.05, 0.1) is 6.04 Å². The van der Waals surface area contributed by atoms with E-state index < -0.39 is 0 Å². The van der Waals surface area contributed by atoms with Crippen molar-refractivity contribution < 1.29 is 0 Å². The second kappa shape index (κ2) is 6.04. The maximum Gasteiger partial charge on any atom is 0.110 e. The topological polar surface area (TPSA) is 28.2 Å². The van der Waals surface area contributed by atoms with Gasteiger partial charge in [0.15, 0.2) is 0 Å². The van der Waals surface area contributed by atoms with Crippen molar-refractivity contribution in [2.45, 2.75) is 25.9 Å². The number of nitrogens with zero attached hydrogens (tertiary/aromatic N) is 2. The maximum atomic E-state index is 4.64. The van der Waals surface area contributed by atoms with Gasteiger partial charge in [0.1, 0.15) is 5.01 Å². The van der Waals surface area contributed by atoms with Crippen molar-refractivity contribution in [3.05, 3.63) is 52.0 Å². The first-order chi connectivity index (χ1) is 9.74. The van der Waals surface area contributed by atoms with Crippen LogP contribution in [0.15, 0.2) is 35.7 Å². The van der Waals surface area contributed by atoms with E-state index in [0.717, 1.165) is 25.3 Å². The summed E-state index contributed by atoms with van der Waals surface area (Å²) in [4.78, 5) is 7.17. The monoisotopic (exact) mass is 287 g/mol. The largest absolute Gasteiger partial charge is 0.308 e. The van der Waals surface area contributed by atoms with Gasteiger partial charge in [-0.05, 0) is 19.4 Å². The fourth-order valence-corrected chi connectivity index (χ4v) is 3.64. The summed E-state index contributed by atoms with van der Waals surface area (Å²) in [5.74, 6) is 0. The molecule has 2 heterocycles. The Morgan fingerprint density at radius 3 is 2.85 bits per heavy atom. The first-order valence-electron chi connectivity index (χ1n) is 7.18. The van der Waals surface area contributed by atoms with E-state index in [1.54, 1.807) is 11.3 Å². The highest BCUT2D eigenvalue weighted by atomic mass is 32.1. The Balaban J connectivity index is 1.72. The number of aryl methyl sites for hydroxylation is 1. The zero-order valence-corrected chi connectivity index (χ0v) is 12.9. The molecule has 0 spiro atoms. The number of thiazole rings is 1. The summed E-state index contributed by atoms with van der Waals surface area (Å²) in [7, 11) is 0. The molecule has 1 aliphatic heterocycles. The zero-order chi connectivity index (χ0) is 13.9. The lowest BCUT2D eigenvalue weighted by atomic mass is 10.0. The summed E-state index contributed by atoms with van der Waals surface area (Å²) in [6.07, 6.45) is 0. The van der Waals surface area contributed by atoms with Crippen molar-refractivity contribution >= 4 is 11.3 Å². The summed E-state index contributed by atoms with van der Waals surface area (Å²) in [6.45, 7) is 7.50. The van der Waals surface area contributed by atoms with Crippen molar-refractivity contribution in [2.24, 2.45) is 0 Å². The SMILES string of the molecule is Cc1csc(C(C)N2CCNC(c3ccccc3)C2)n1. The third-order valence-electron chi connectivity index (χ3n) is 3.95. The fourth-order valence-electron chi connectivity index (χ4n) is 2.75. The molecule has 0 radical (unpaired) electrons.